The van der Waals surface area contributed by atoms with Gasteiger partial charge in [-0.05, 0) is 37.1 Å². The lowest BCUT2D eigenvalue weighted by molar-refractivity contribution is -0.119. The molecular formula is C16H21N3O2. The van der Waals surface area contributed by atoms with Gasteiger partial charge in [0.2, 0.25) is 6.41 Å². The van der Waals surface area contributed by atoms with E-state index in [1.165, 1.54) is 5.56 Å². The minimum absolute atomic E-state index is 0.164. The standard InChI is InChI=1S/C16H21N3O2/c1-12-8-14-9-13(2-3-15(14)17-12)16(21)10-18-4-6-19(11-20)7-5-18/h2-3,9,11-12,17H,4-8,10H2,1H3. The SMILES string of the molecule is CC1Cc2cc(C(=O)CN3CCN(C=O)CC3)ccc2N1. The van der Waals surface area contributed by atoms with Crippen LogP contribution in [0.15, 0.2) is 18.2 Å². The molecule has 2 aliphatic heterocycles. The second-order valence-electron chi connectivity index (χ2n) is 5.96. The number of piperazine rings is 1. The molecule has 5 heteroatoms. The van der Waals surface area contributed by atoms with Crippen LogP contribution in [-0.2, 0) is 11.2 Å². The minimum atomic E-state index is 0.164. The number of nitrogens with zero attached hydrogens (tertiary/aromatic N) is 2. The summed E-state index contributed by atoms with van der Waals surface area (Å²) in [5.41, 5.74) is 3.18. The van der Waals surface area contributed by atoms with Gasteiger partial charge in [-0.15, -0.1) is 0 Å². The van der Waals surface area contributed by atoms with Crippen LogP contribution < -0.4 is 5.32 Å². The minimum Gasteiger partial charge on any atom is -0.382 e. The Morgan fingerprint density at radius 3 is 2.81 bits per heavy atom. The molecule has 112 valence electrons. The summed E-state index contributed by atoms with van der Waals surface area (Å²) in [5.74, 6) is 0.164. The van der Waals surface area contributed by atoms with Gasteiger partial charge in [0, 0.05) is 43.5 Å². The molecule has 2 aliphatic rings. The Bertz CT molecular complexity index is 550. The maximum atomic E-state index is 12.4. The van der Waals surface area contributed by atoms with Crippen molar-refractivity contribution in [3.63, 3.8) is 0 Å². The summed E-state index contributed by atoms with van der Waals surface area (Å²) >= 11 is 0. The Labute approximate surface area is 124 Å². The van der Waals surface area contributed by atoms with Crippen molar-refractivity contribution in [1.82, 2.24) is 9.80 Å². The molecule has 0 aliphatic carbocycles. The molecule has 1 fully saturated rings. The fraction of sp³-hybridized carbons (Fsp3) is 0.500. The van der Waals surface area contributed by atoms with Gasteiger partial charge in [0.1, 0.15) is 0 Å². The zero-order valence-electron chi connectivity index (χ0n) is 12.3. The Balaban J connectivity index is 1.61. The van der Waals surface area contributed by atoms with Crippen molar-refractivity contribution < 1.29 is 9.59 Å². The molecule has 1 aromatic carbocycles. The summed E-state index contributed by atoms with van der Waals surface area (Å²) in [6.07, 6.45) is 1.86. The normalized spacial score (nSPS) is 21.8. The van der Waals surface area contributed by atoms with Crippen molar-refractivity contribution in [2.24, 2.45) is 0 Å². The fourth-order valence-electron chi connectivity index (χ4n) is 3.04. The van der Waals surface area contributed by atoms with Crippen LogP contribution in [-0.4, -0.2) is 60.8 Å². The monoisotopic (exact) mass is 287 g/mol. The van der Waals surface area contributed by atoms with Crippen LogP contribution in [0.25, 0.3) is 0 Å². The number of anilines is 1. The average molecular weight is 287 g/mol. The topological polar surface area (TPSA) is 52.7 Å². The van der Waals surface area contributed by atoms with E-state index < -0.39 is 0 Å². The molecule has 1 N–H and O–H groups in total. The zero-order chi connectivity index (χ0) is 14.8. The summed E-state index contributed by atoms with van der Waals surface area (Å²) in [7, 11) is 0. The van der Waals surface area contributed by atoms with Gasteiger partial charge in [-0.3, -0.25) is 14.5 Å². The number of carbonyl (C=O) groups excluding carboxylic acids is 2. The fourth-order valence-corrected chi connectivity index (χ4v) is 3.04. The van der Waals surface area contributed by atoms with Crippen LogP contribution in [0.2, 0.25) is 0 Å². The molecule has 5 nitrogen and oxygen atoms in total. The molecule has 1 amide bonds. The van der Waals surface area contributed by atoms with E-state index in [4.69, 9.17) is 0 Å². The Kier molecular flexibility index (Phi) is 3.92. The molecule has 0 radical (unpaired) electrons. The van der Waals surface area contributed by atoms with E-state index in [2.05, 4.69) is 17.1 Å². The predicted octanol–water partition coefficient (Wildman–Crippen LogP) is 1.000. The van der Waals surface area contributed by atoms with Gasteiger partial charge in [0.05, 0.1) is 6.54 Å². The number of fused-ring (bicyclic) bond motifs is 1. The zero-order valence-corrected chi connectivity index (χ0v) is 12.3. The smallest absolute Gasteiger partial charge is 0.209 e. The number of nitrogens with one attached hydrogen (secondary N) is 1. The number of hydrogen-bond acceptors (Lipinski definition) is 4. The van der Waals surface area contributed by atoms with Gasteiger partial charge >= 0.3 is 0 Å². The Morgan fingerprint density at radius 2 is 2.10 bits per heavy atom. The first-order valence-corrected chi connectivity index (χ1v) is 7.50. The van der Waals surface area contributed by atoms with Crippen molar-refractivity contribution in [2.45, 2.75) is 19.4 Å². The molecule has 0 saturated carbocycles. The molecule has 21 heavy (non-hydrogen) atoms. The summed E-state index contributed by atoms with van der Waals surface area (Å²) in [4.78, 5) is 27.0. The van der Waals surface area contributed by atoms with E-state index >= 15 is 0 Å². The lowest BCUT2D eigenvalue weighted by Gasteiger charge is -2.31. The van der Waals surface area contributed by atoms with Crippen molar-refractivity contribution in [1.29, 1.82) is 0 Å². The second kappa shape index (κ2) is 5.85. The largest absolute Gasteiger partial charge is 0.382 e. The van der Waals surface area contributed by atoms with E-state index in [0.717, 1.165) is 37.2 Å². The van der Waals surface area contributed by atoms with E-state index in [-0.39, 0.29) is 5.78 Å². The van der Waals surface area contributed by atoms with Crippen molar-refractivity contribution >= 4 is 17.9 Å². The summed E-state index contributed by atoms with van der Waals surface area (Å²) < 4.78 is 0. The lowest BCUT2D eigenvalue weighted by atomic mass is 10.0. The van der Waals surface area contributed by atoms with Crippen LogP contribution in [0, 0.1) is 0 Å². The molecule has 0 aromatic heterocycles. The van der Waals surface area contributed by atoms with Crippen molar-refractivity contribution in [2.75, 3.05) is 38.0 Å². The Hall–Kier alpha value is -1.88. The number of Topliss-reactive ketones (excluding diaryl/α,β-unsaturated/α-hetero) is 1. The highest BCUT2D eigenvalue weighted by Gasteiger charge is 2.21. The van der Waals surface area contributed by atoms with Gasteiger partial charge in [-0.2, -0.15) is 0 Å². The third kappa shape index (κ3) is 3.08. The van der Waals surface area contributed by atoms with Crippen molar-refractivity contribution in [3.05, 3.63) is 29.3 Å². The highest BCUT2D eigenvalue weighted by atomic mass is 16.1. The third-order valence-corrected chi connectivity index (χ3v) is 4.28. The third-order valence-electron chi connectivity index (χ3n) is 4.28. The molecule has 3 rings (SSSR count). The van der Waals surface area contributed by atoms with Gasteiger partial charge in [-0.25, -0.2) is 0 Å². The van der Waals surface area contributed by atoms with Crippen LogP contribution in [0.3, 0.4) is 0 Å². The highest BCUT2D eigenvalue weighted by molar-refractivity contribution is 5.98. The summed E-state index contributed by atoms with van der Waals surface area (Å²) in [6.45, 7) is 5.55. The number of ketones is 1. The molecule has 1 saturated heterocycles. The molecule has 1 aromatic rings. The van der Waals surface area contributed by atoms with Gasteiger partial charge in [-0.1, -0.05) is 0 Å². The van der Waals surface area contributed by atoms with E-state index in [1.54, 1.807) is 4.90 Å². The quantitative estimate of drug-likeness (QED) is 0.663. The first kappa shape index (κ1) is 14.1. The molecule has 1 atom stereocenters. The van der Waals surface area contributed by atoms with Crippen LogP contribution in [0.5, 0.6) is 0 Å². The highest BCUT2D eigenvalue weighted by Crippen LogP contribution is 2.26. The van der Waals surface area contributed by atoms with Crippen LogP contribution >= 0.6 is 0 Å². The number of hydrogen-bond donors (Lipinski definition) is 1. The van der Waals surface area contributed by atoms with Gasteiger partial charge in [0.25, 0.3) is 0 Å². The lowest BCUT2D eigenvalue weighted by Crippen LogP contribution is -2.47. The van der Waals surface area contributed by atoms with Crippen LogP contribution in [0.4, 0.5) is 5.69 Å². The molecule has 0 spiro atoms. The van der Waals surface area contributed by atoms with Gasteiger partial charge in [0.15, 0.2) is 5.78 Å². The second-order valence-corrected chi connectivity index (χ2v) is 5.96. The Morgan fingerprint density at radius 1 is 1.33 bits per heavy atom. The molecule has 2 heterocycles. The van der Waals surface area contributed by atoms with E-state index in [1.807, 2.05) is 18.2 Å². The molecule has 1 unspecified atom stereocenters. The molecular weight excluding hydrogens is 266 g/mol. The van der Waals surface area contributed by atoms with E-state index in [9.17, 15) is 9.59 Å². The summed E-state index contributed by atoms with van der Waals surface area (Å²) in [5, 5.41) is 3.40. The number of rotatable bonds is 4. The first-order chi connectivity index (χ1) is 10.2. The van der Waals surface area contributed by atoms with Gasteiger partial charge < -0.3 is 10.2 Å². The predicted molar refractivity (Wildman–Crippen MR) is 81.6 cm³/mol. The number of amides is 1. The maximum absolute atomic E-state index is 12.4. The summed E-state index contributed by atoms with van der Waals surface area (Å²) in [6, 6.07) is 6.39. The van der Waals surface area contributed by atoms with E-state index in [0.29, 0.717) is 25.7 Å². The first-order valence-electron chi connectivity index (χ1n) is 7.50. The number of benzene rings is 1. The van der Waals surface area contributed by atoms with Crippen LogP contribution in [0.1, 0.15) is 22.8 Å². The molecule has 0 bridgehead atoms. The maximum Gasteiger partial charge on any atom is 0.209 e. The van der Waals surface area contributed by atoms with Crippen molar-refractivity contribution in [3.8, 4) is 0 Å². The average Bonchev–Trinajstić information content (AvgIpc) is 2.87. The number of carbonyl (C=O) groups is 2.